The van der Waals surface area contributed by atoms with Gasteiger partial charge in [-0.2, -0.15) is 0 Å². The maximum atomic E-state index is 13.4. The molecule has 3 aromatic heterocycles. The number of hydrogen-bond acceptors (Lipinski definition) is 10. The maximum Gasteiger partial charge on any atom is 0.240 e. The number of nitrogens with one attached hydrogen (secondary N) is 1. The molecule has 0 aromatic carbocycles. The molecule has 3 aromatic rings. The fourth-order valence-electron chi connectivity index (χ4n) is 3.75. The van der Waals surface area contributed by atoms with Crippen LogP contribution in [-0.2, 0) is 26.0 Å². The molecular formula is C21H26ClN7O5S. The van der Waals surface area contributed by atoms with Crippen molar-refractivity contribution in [1.82, 2.24) is 29.7 Å². The number of aromatic nitrogens is 6. The summed E-state index contributed by atoms with van der Waals surface area (Å²) in [7, 11) is -1.11. The SMILES string of the molecule is COc1cccc(-c2nnc(NS(=O)(=O)C(C)C(OC)c3ncc(Cl)cn3)n2C[C@H]2CCCO2)n1. The lowest BCUT2D eigenvalue weighted by Crippen LogP contribution is -2.34. The van der Waals surface area contributed by atoms with Gasteiger partial charge < -0.3 is 14.2 Å². The molecule has 12 nitrogen and oxygen atoms in total. The molecule has 0 spiro atoms. The van der Waals surface area contributed by atoms with E-state index in [1.165, 1.54) is 33.5 Å². The third-order valence-electron chi connectivity index (χ3n) is 5.62. The largest absolute Gasteiger partial charge is 0.481 e. The second kappa shape index (κ2) is 10.8. The monoisotopic (exact) mass is 523 g/mol. The Hall–Kier alpha value is -2.87. The Bertz CT molecular complexity index is 1250. The molecule has 0 aliphatic carbocycles. The molecule has 1 aliphatic heterocycles. The Labute approximate surface area is 208 Å². The summed E-state index contributed by atoms with van der Waals surface area (Å²) < 4.78 is 47.3. The molecule has 4 heterocycles. The summed E-state index contributed by atoms with van der Waals surface area (Å²) in [5.41, 5.74) is 0.484. The molecule has 35 heavy (non-hydrogen) atoms. The zero-order valence-corrected chi connectivity index (χ0v) is 21.0. The molecule has 0 bridgehead atoms. The number of methoxy groups -OCH3 is 2. The van der Waals surface area contributed by atoms with Crippen LogP contribution in [0.25, 0.3) is 11.5 Å². The first-order valence-corrected chi connectivity index (χ1v) is 12.8. The van der Waals surface area contributed by atoms with Crippen molar-refractivity contribution in [2.75, 3.05) is 25.5 Å². The van der Waals surface area contributed by atoms with E-state index in [9.17, 15) is 8.42 Å². The van der Waals surface area contributed by atoms with Gasteiger partial charge in [-0.3, -0.25) is 9.29 Å². The molecule has 188 valence electrons. The molecule has 1 fully saturated rings. The zero-order chi connectivity index (χ0) is 25.0. The van der Waals surface area contributed by atoms with Gasteiger partial charge in [0, 0.05) is 32.2 Å². The minimum absolute atomic E-state index is 0.0406. The summed E-state index contributed by atoms with van der Waals surface area (Å²) in [6.07, 6.45) is 3.48. The highest BCUT2D eigenvalue weighted by Gasteiger charge is 2.34. The first-order chi connectivity index (χ1) is 16.8. The molecule has 1 aliphatic rings. The summed E-state index contributed by atoms with van der Waals surface area (Å²) in [6, 6.07) is 5.23. The lowest BCUT2D eigenvalue weighted by atomic mass is 10.2. The number of sulfonamides is 1. The van der Waals surface area contributed by atoms with Crippen molar-refractivity contribution in [3.63, 3.8) is 0 Å². The molecule has 14 heteroatoms. The van der Waals surface area contributed by atoms with Gasteiger partial charge in [-0.05, 0) is 25.8 Å². The van der Waals surface area contributed by atoms with E-state index in [2.05, 4.69) is 29.9 Å². The molecule has 4 rings (SSSR count). The van der Waals surface area contributed by atoms with Crippen LogP contribution in [0, 0.1) is 0 Å². The molecule has 0 saturated carbocycles. The Morgan fingerprint density at radius 1 is 1.26 bits per heavy atom. The first kappa shape index (κ1) is 25.2. The van der Waals surface area contributed by atoms with Crippen molar-refractivity contribution in [3.05, 3.63) is 41.4 Å². The van der Waals surface area contributed by atoms with E-state index < -0.39 is 21.4 Å². The molecule has 3 atom stereocenters. The second-order valence-electron chi connectivity index (χ2n) is 7.93. The summed E-state index contributed by atoms with van der Waals surface area (Å²) in [5, 5.41) is 7.61. The fourth-order valence-corrected chi connectivity index (χ4v) is 4.99. The van der Waals surface area contributed by atoms with Crippen LogP contribution < -0.4 is 9.46 Å². The summed E-state index contributed by atoms with van der Waals surface area (Å²) >= 11 is 5.86. The van der Waals surface area contributed by atoms with Crippen LogP contribution in [0.4, 0.5) is 5.95 Å². The number of anilines is 1. The van der Waals surface area contributed by atoms with E-state index in [1.807, 2.05) is 0 Å². The zero-order valence-electron chi connectivity index (χ0n) is 19.5. The average Bonchev–Trinajstić information content (AvgIpc) is 3.51. The number of rotatable bonds is 10. The number of ether oxygens (including phenoxy) is 3. The summed E-state index contributed by atoms with van der Waals surface area (Å²) in [6.45, 7) is 2.50. The predicted octanol–water partition coefficient (Wildman–Crippen LogP) is 2.49. The van der Waals surface area contributed by atoms with Gasteiger partial charge in [0.05, 0.1) is 24.8 Å². The number of halogens is 1. The molecular weight excluding hydrogens is 498 g/mol. The second-order valence-corrected chi connectivity index (χ2v) is 10.4. The normalized spacial score (nSPS) is 17.8. The molecule has 2 unspecified atom stereocenters. The summed E-state index contributed by atoms with van der Waals surface area (Å²) in [4.78, 5) is 12.6. The van der Waals surface area contributed by atoms with Crippen LogP contribution in [0.15, 0.2) is 30.6 Å². The Balaban J connectivity index is 1.66. The predicted molar refractivity (Wildman–Crippen MR) is 128 cm³/mol. The molecule has 1 N–H and O–H groups in total. The minimum atomic E-state index is -4.02. The Morgan fingerprint density at radius 2 is 2.03 bits per heavy atom. The van der Waals surface area contributed by atoms with Crippen LogP contribution in [0.1, 0.15) is 31.7 Å². The third-order valence-corrected chi connectivity index (χ3v) is 7.51. The highest BCUT2D eigenvalue weighted by molar-refractivity contribution is 7.93. The van der Waals surface area contributed by atoms with Crippen LogP contribution in [0.5, 0.6) is 5.88 Å². The topological polar surface area (TPSA) is 143 Å². The van der Waals surface area contributed by atoms with Gasteiger partial charge in [-0.25, -0.2) is 23.4 Å². The molecule has 0 amide bonds. The van der Waals surface area contributed by atoms with E-state index in [0.717, 1.165) is 12.8 Å². The van der Waals surface area contributed by atoms with Gasteiger partial charge in [0.2, 0.25) is 21.9 Å². The van der Waals surface area contributed by atoms with Gasteiger partial charge in [0.25, 0.3) is 0 Å². The van der Waals surface area contributed by atoms with Crippen molar-refractivity contribution in [2.45, 2.75) is 43.8 Å². The molecule has 1 saturated heterocycles. The quantitative estimate of drug-likeness (QED) is 0.420. The lowest BCUT2D eigenvalue weighted by molar-refractivity contribution is 0.0949. The maximum absolute atomic E-state index is 13.4. The van der Waals surface area contributed by atoms with Gasteiger partial charge >= 0.3 is 0 Å². The number of nitrogens with zero attached hydrogens (tertiary/aromatic N) is 6. The third kappa shape index (κ3) is 5.69. The van der Waals surface area contributed by atoms with Gasteiger partial charge in [0.15, 0.2) is 11.6 Å². The van der Waals surface area contributed by atoms with E-state index in [0.29, 0.717) is 35.6 Å². The summed E-state index contributed by atoms with van der Waals surface area (Å²) in [5.74, 6) is 1.01. The van der Waals surface area contributed by atoms with E-state index in [4.69, 9.17) is 25.8 Å². The van der Waals surface area contributed by atoms with Crippen molar-refractivity contribution in [2.24, 2.45) is 0 Å². The van der Waals surface area contributed by atoms with Crippen LogP contribution in [-0.4, -0.2) is 70.3 Å². The van der Waals surface area contributed by atoms with E-state index in [-0.39, 0.29) is 17.9 Å². The van der Waals surface area contributed by atoms with Gasteiger partial charge in [-0.15, -0.1) is 10.2 Å². The van der Waals surface area contributed by atoms with Crippen molar-refractivity contribution >= 4 is 27.6 Å². The number of hydrogen-bond donors (Lipinski definition) is 1. The average molecular weight is 524 g/mol. The highest BCUT2D eigenvalue weighted by atomic mass is 35.5. The first-order valence-electron chi connectivity index (χ1n) is 10.9. The van der Waals surface area contributed by atoms with Crippen LogP contribution in [0.2, 0.25) is 5.02 Å². The minimum Gasteiger partial charge on any atom is -0.481 e. The Morgan fingerprint density at radius 3 is 2.69 bits per heavy atom. The van der Waals surface area contributed by atoms with Gasteiger partial charge in [-0.1, -0.05) is 17.7 Å². The van der Waals surface area contributed by atoms with E-state index in [1.54, 1.807) is 22.8 Å². The molecule has 0 radical (unpaired) electrons. The lowest BCUT2D eigenvalue weighted by Gasteiger charge is -2.22. The fraction of sp³-hybridized carbons (Fsp3) is 0.476. The smallest absolute Gasteiger partial charge is 0.240 e. The highest BCUT2D eigenvalue weighted by Crippen LogP contribution is 2.28. The number of pyridine rings is 1. The van der Waals surface area contributed by atoms with Gasteiger partial charge in [0.1, 0.15) is 17.0 Å². The van der Waals surface area contributed by atoms with Crippen molar-refractivity contribution < 1.29 is 22.6 Å². The van der Waals surface area contributed by atoms with Crippen LogP contribution >= 0.6 is 11.6 Å². The van der Waals surface area contributed by atoms with Crippen molar-refractivity contribution in [1.29, 1.82) is 0 Å². The van der Waals surface area contributed by atoms with E-state index >= 15 is 0 Å². The Kier molecular flexibility index (Phi) is 7.79. The van der Waals surface area contributed by atoms with Crippen LogP contribution in [0.3, 0.4) is 0 Å². The standard InChI is InChI=1S/C21H26ClN7O5S/c1-13(18(33-3)19-23-10-14(22)11-24-19)35(30,31)28-21-27-26-20(16-7-4-8-17(25-16)32-2)29(21)12-15-6-5-9-34-15/h4,7-8,10-11,13,15,18H,5-6,9,12H2,1-3H3,(H,27,28)/t13?,15-,18?/m1/s1. The van der Waals surface area contributed by atoms with Crippen molar-refractivity contribution in [3.8, 4) is 17.4 Å².